The highest BCUT2D eigenvalue weighted by Crippen LogP contribution is 1.88. The van der Waals surface area contributed by atoms with Crippen LogP contribution in [-0.4, -0.2) is 10.2 Å². The van der Waals surface area contributed by atoms with E-state index in [0.717, 1.165) is 5.56 Å². The molecule has 0 saturated heterocycles. The Balaban J connectivity index is 2.76. The van der Waals surface area contributed by atoms with Crippen LogP contribution in [0.15, 0.2) is 12.4 Å². The summed E-state index contributed by atoms with van der Waals surface area (Å²) in [6, 6.07) is 0. The summed E-state index contributed by atoms with van der Waals surface area (Å²) in [5, 5.41) is 6.26. The van der Waals surface area contributed by atoms with Crippen molar-refractivity contribution in [1.29, 1.82) is 0 Å². The molecular weight excluding hydrogens is 90.1 g/mol. The average Bonchev–Trinajstić information content (AvgIpc) is 2.14. The SMILES string of the molecule is [NH]Cc1cn[nH]c1. The van der Waals surface area contributed by atoms with Gasteiger partial charge in [-0.3, -0.25) is 10.8 Å². The fourth-order valence-electron chi connectivity index (χ4n) is 0.374. The molecule has 0 fully saturated rings. The zero-order chi connectivity index (χ0) is 5.11. The first-order valence-electron chi connectivity index (χ1n) is 2.05. The van der Waals surface area contributed by atoms with E-state index in [1.54, 1.807) is 12.4 Å². The lowest BCUT2D eigenvalue weighted by molar-refractivity contribution is 1.03. The van der Waals surface area contributed by atoms with E-state index < -0.39 is 0 Å². The molecule has 7 heavy (non-hydrogen) atoms. The number of aromatic amines is 1. The summed E-state index contributed by atoms with van der Waals surface area (Å²) < 4.78 is 0. The van der Waals surface area contributed by atoms with Crippen LogP contribution in [0.1, 0.15) is 5.56 Å². The Morgan fingerprint density at radius 2 is 2.71 bits per heavy atom. The maximum absolute atomic E-state index is 6.80. The Morgan fingerprint density at radius 3 is 3.00 bits per heavy atom. The first-order chi connectivity index (χ1) is 3.43. The van der Waals surface area contributed by atoms with Gasteiger partial charge in [-0.1, -0.05) is 0 Å². The van der Waals surface area contributed by atoms with Crippen molar-refractivity contribution in [2.24, 2.45) is 0 Å². The molecule has 1 aromatic heterocycles. The second-order valence-electron chi connectivity index (χ2n) is 1.28. The van der Waals surface area contributed by atoms with Crippen LogP contribution < -0.4 is 5.73 Å². The predicted molar refractivity (Wildman–Crippen MR) is 25.4 cm³/mol. The topological polar surface area (TPSA) is 52.5 Å². The second-order valence-corrected chi connectivity index (χ2v) is 1.28. The Morgan fingerprint density at radius 1 is 1.86 bits per heavy atom. The molecule has 2 N–H and O–H groups in total. The summed E-state index contributed by atoms with van der Waals surface area (Å²) in [4.78, 5) is 0. The molecule has 0 aliphatic heterocycles. The third kappa shape index (κ3) is 0.778. The third-order valence-corrected chi connectivity index (χ3v) is 0.759. The van der Waals surface area contributed by atoms with Crippen molar-refractivity contribution in [1.82, 2.24) is 15.9 Å². The van der Waals surface area contributed by atoms with E-state index in [1.165, 1.54) is 0 Å². The van der Waals surface area contributed by atoms with Crippen LogP contribution in [0.25, 0.3) is 0 Å². The highest BCUT2D eigenvalue weighted by Gasteiger charge is 1.83. The zero-order valence-corrected chi connectivity index (χ0v) is 3.81. The number of H-pyrrole nitrogens is 1. The minimum atomic E-state index is 0.316. The van der Waals surface area contributed by atoms with Crippen molar-refractivity contribution >= 4 is 0 Å². The minimum absolute atomic E-state index is 0.316. The van der Waals surface area contributed by atoms with Gasteiger partial charge in [-0.05, 0) is 0 Å². The Kier molecular flexibility index (Phi) is 1.08. The molecule has 0 aliphatic carbocycles. The van der Waals surface area contributed by atoms with Crippen molar-refractivity contribution in [3.8, 4) is 0 Å². The van der Waals surface area contributed by atoms with Crippen molar-refractivity contribution in [2.45, 2.75) is 6.54 Å². The molecule has 1 heterocycles. The lowest BCUT2D eigenvalue weighted by atomic mass is 10.4. The van der Waals surface area contributed by atoms with Crippen LogP contribution in [0, 0.1) is 0 Å². The molecule has 0 aromatic carbocycles. The Labute approximate surface area is 41.5 Å². The molecule has 1 aromatic rings. The van der Waals surface area contributed by atoms with Gasteiger partial charge in [0.25, 0.3) is 0 Å². The van der Waals surface area contributed by atoms with Crippen LogP contribution in [0.4, 0.5) is 0 Å². The molecule has 0 amide bonds. The van der Waals surface area contributed by atoms with Gasteiger partial charge in [0, 0.05) is 18.3 Å². The number of nitrogens with zero attached hydrogens (tertiary/aromatic N) is 1. The summed E-state index contributed by atoms with van der Waals surface area (Å²) in [6.45, 7) is 0.316. The maximum Gasteiger partial charge on any atom is 0.0532 e. The lowest BCUT2D eigenvalue weighted by Gasteiger charge is -1.76. The van der Waals surface area contributed by atoms with E-state index in [0.29, 0.717) is 6.54 Å². The smallest absolute Gasteiger partial charge is 0.0532 e. The second kappa shape index (κ2) is 1.75. The van der Waals surface area contributed by atoms with Gasteiger partial charge in [0.05, 0.1) is 6.20 Å². The van der Waals surface area contributed by atoms with Crippen molar-refractivity contribution < 1.29 is 0 Å². The summed E-state index contributed by atoms with van der Waals surface area (Å²) in [6.07, 6.45) is 3.36. The molecule has 0 bridgehead atoms. The molecule has 0 spiro atoms. The van der Waals surface area contributed by atoms with Gasteiger partial charge in [-0.2, -0.15) is 5.10 Å². The van der Waals surface area contributed by atoms with Crippen molar-refractivity contribution in [2.75, 3.05) is 0 Å². The lowest BCUT2D eigenvalue weighted by Crippen LogP contribution is -1.76. The standard InChI is InChI=1S/C4H6N3/c5-1-4-2-6-7-3-4/h2-3,5H,1H2,(H,6,7). The highest BCUT2D eigenvalue weighted by atomic mass is 15.1. The molecule has 3 heteroatoms. The number of rotatable bonds is 1. The van der Waals surface area contributed by atoms with Gasteiger partial charge in [0.1, 0.15) is 0 Å². The maximum atomic E-state index is 6.80. The molecule has 0 unspecified atom stereocenters. The van der Waals surface area contributed by atoms with Gasteiger partial charge < -0.3 is 0 Å². The van der Waals surface area contributed by atoms with Gasteiger partial charge in [-0.25, -0.2) is 0 Å². The molecule has 0 saturated carbocycles. The number of hydrogen-bond donors (Lipinski definition) is 1. The molecule has 0 aliphatic rings. The third-order valence-electron chi connectivity index (χ3n) is 0.759. The number of nitrogens with one attached hydrogen (secondary N) is 2. The first-order valence-corrected chi connectivity index (χ1v) is 2.05. The largest absolute Gasteiger partial charge is 0.285 e. The van der Waals surface area contributed by atoms with Crippen LogP contribution >= 0.6 is 0 Å². The Bertz CT molecular complexity index is 121. The molecule has 0 atom stereocenters. The van der Waals surface area contributed by atoms with Gasteiger partial charge in [0.2, 0.25) is 0 Å². The van der Waals surface area contributed by atoms with Gasteiger partial charge >= 0.3 is 0 Å². The molecule has 1 radical (unpaired) electrons. The van der Waals surface area contributed by atoms with Crippen molar-refractivity contribution in [3.63, 3.8) is 0 Å². The fourth-order valence-corrected chi connectivity index (χ4v) is 0.374. The van der Waals surface area contributed by atoms with E-state index in [9.17, 15) is 0 Å². The first kappa shape index (κ1) is 4.33. The van der Waals surface area contributed by atoms with E-state index >= 15 is 0 Å². The van der Waals surface area contributed by atoms with E-state index in [-0.39, 0.29) is 0 Å². The average molecular weight is 96.1 g/mol. The number of hydrogen-bond acceptors (Lipinski definition) is 1. The highest BCUT2D eigenvalue weighted by molar-refractivity contribution is 5.00. The van der Waals surface area contributed by atoms with Crippen molar-refractivity contribution in [3.05, 3.63) is 18.0 Å². The van der Waals surface area contributed by atoms with Gasteiger partial charge in [-0.15, -0.1) is 0 Å². The molecule has 3 nitrogen and oxygen atoms in total. The van der Waals surface area contributed by atoms with Crippen LogP contribution in [0.5, 0.6) is 0 Å². The van der Waals surface area contributed by atoms with E-state index in [4.69, 9.17) is 5.73 Å². The number of aromatic nitrogens is 2. The van der Waals surface area contributed by atoms with E-state index in [1.807, 2.05) is 0 Å². The summed E-state index contributed by atoms with van der Waals surface area (Å²) in [5.41, 5.74) is 7.73. The summed E-state index contributed by atoms with van der Waals surface area (Å²) in [7, 11) is 0. The van der Waals surface area contributed by atoms with E-state index in [2.05, 4.69) is 10.2 Å². The minimum Gasteiger partial charge on any atom is -0.285 e. The Hall–Kier alpha value is -0.830. The quantitative estimate of drug-likeness (QED) is 0.533. The molecule has 1 rings (SSSR count). The zero-order valence-electron chi connectivity index (χ0n) is 3.81. The predicted octanol–water partition coefficient (Wildman–Crippen LogP) is 0.193. The molecular formula is C4H6N3. The summed E-state index contributed by atoms with van der Waals surface area (Å²) in [5.74, 6) is 0. The van der Waals surface area contributed by atoms with Crippen LogP contribution in [0.2, 0.25) is 0 Å². The fraction of sp³-hybridized carbons (Fsp3) is 0.250. The van der Waals surface area contributed by atoms with Crippen LogP contribution in [0.3, 0.4) is 0 Å². The van der Waals surface area contributed by atoms with Crippen LogP contribution in [-0.2, 0) is 6.54 Å². The monoisotopic (exact) mass is 96.1 g/mol. The normalized spacial score (nSPS) is 9.29. The summed E-state index contributed by atoms with van der Waals surface area (Å²) >= 11 is 0. The van der Waals surface area contributed by atoms with Gasteiger partial charge in [0.15, 0.2) is 0 Å². The molecule has 37 valence electrons.